The fourth-order valence-electron chi connectivity index (χ4n) is 8.04. The lowest BCUT2D eigenvalue weighted by molar-refractivity contribution is -0.138. The Morgan fingerprint density at radius 1 is 0.658 bits per heavy atom. The number of aromatic amines is 2. The monoisotopic (exact) mass is 1060 g/mol. The second kappa shape index (κ2) is 30.7. The summed E-state index contributed by atoms with van der Waals surface area (Å²) in [6.45, 7) is 2.88. The van der Waals surface area contributed by atoms with Gasteiger partial charge in [0.25, 0.3) is 0 Å². The first kappa shape index (κ1) is 60.2. The number of carbonyl (C=O) groups is 9. The van der Waals surface area contributed by atoms with Gasteiger partial charge in [-0.25, -0.2) is 4.98 Å². The predicted molar refractivity (Wildman–Crippen MR) is 281 cm³/mol. The van der Waals surface area contributed by atoms with Crippen molar-refractivity contribution in [2.24, 2.45) is 39.6 Å². The number of nitrogens with two attached hydrogens (primary N) is 5. The molecule has 76 heavy (non-hydrogen) atoms. The number of amides is 8. The molecule has 2 aromatic carbocycles. The summed E-state index contributed by atoms with van der Waals surface area (Å²) in [5.74, 6) is -8.35. The Morgan fingerprint density at radius 3 is 1.88 bits per heavy atom. The van der Waals surface area contributed by atoms with Gasteiger partial charge in [0.05, 0.1) is 18.9 Å². The number of aliphatic carboxylic acids is 1. The van der Waals surface area contributed by atoms with Crippen LogP contribution in [0.3, 0.4) is 0 Å². The number of carboxylic acid groups (broad SMARTS) is 1. The largest absolute Gasteiger partial charge is 0.481 e. The van der Waals surface area contributed by atoms with Crippen molar-refractivity contribution in [3.05, 3.63) is 90.1 Å². The van der Waals surface area contributed by atoms with E-state index in [0.717, 1.165) is 10.9 Å². The average Bonchev–Trinajstić information content (AvgIpc) is 4.06. The van der Waals surface area contributed by atoms with Crippen molar-refractivity contribution < 1.29 is 48.3 Å². The van der Waals surface area contributed by atoms with Gasteiger partial charge in [-0.05, 0) is 68.2 Å². The molecule has 0 saturated carbocycles. The lowest BCUT2D eigenvalue weighted by Gasteiger charge is -2.26. The van der Waals surface area contributed by atoms with Gasteiger partial charge in [0.15, 0.2) is 5.96 Å². The van der Waals surface area contributed by atoms with Gasteiger partial charge in [-0.2, -0.15) is 0 Å². The number of aliphatic imine (C=N–C) groups is 1. The number of primary amides is 1. The fraction of sp³-hybridized carbons (Fsp3) is 0.460. The van der Waals surface area contributed by atoms with Crippen molar-refractivity contribution in [2.75, 3.05) is 19.6 Å². The molecule has 20 N–H and O–H groups in total. The fourth-order valence-corrected chi connectivity index (χ4v) is 8.04. The molecular weight excluding hydrogens is 985 g/mol. The van der Waals surface area contributed by atoms with Crippen molar-refractivity contribution in [3.63, 3.8) is 0 Å². The normalized spacial score (nSPS) is 13.9. The van der Waals surface area contributed by atoms with Gasteiger partial charge in [-0.1, -0.05) is 62.4 Å². The summed E-state index contributed by atoms with van der Waals surface area (Å²) in [6, 6.07) is 7.16. The number of benzene rings is 2. The Bertz CT molecular complexity index is 2600. The van der Waals surface area contributed by atoms with Crippen molar-refractivity contribution >= 4 is 70.1 Å². The first-order valence-corrected chi connectivity index (χ1v) is 24.9. The van der Waals surface area contributed by atoms with Crippen LogP contribution in [0.25, 0.3) is 10.9 Å². The Labute approximate surface area is 439 Å². The summed E-state index contributed by atoms with van der Waals surface area (Å²) in [4.78, 5) is 135. The zero-order chi connectivity index (χ0) is 55.7. The van der Waals surface area contributed by atoms with Crippen molar-refractivity contribution in [1.82, 2.24) is 52.2 Å². The van der Waals surface area contributed by atoms with Crippen molar-refractivity contribution in [2.45, 2.75) is 120 Å². The van der Waals surface area contributed by atoms with Crippen LogP contribution in [0, 0.1) is 5.92 Å². The number of hydrogen-bond donors (Lipinski definition) is 15. The predicted octanol–water partition coefficient (Wildman–Crippen LogP) is -2.54. The van der Waals surface area contributed by atoms with E-state index in [0.29, 0.717) is 29.7 Å². The molecule has 26 heteroatoms. The quantitative estimate of drug-likeness (QED) is 0.0133. The standard InChI is InChI=1S/C50H72N16O10/c1-28(2)42(43(53)70)66-48(75)37(17-18-41(68)69)63-46(73)35(15-8-9-19-51)61-40(67)26-59-45(72)39(22-30-24-58-34-14-7-6-13-32(30)34)65-47(74)36(16-10-20-57-50(54)55)62-49(76)38(21-29-11-4-3-5-12-29)64-44(71)33(52)23-31-25-56-27-60-31/h3-7,11-14,24-25,27-28,33,35-39,42,58H,8-10,15-23,26,51-52H2,1-2H3,(H2,53,70)(H,56,60)(H,59,72)(H,61,67)(H,62,76)(H,63,73)(H,64,71)(H,65,74)(H,66,75)(H,68,69)(H4,54,55,57)/t33-,35-,36-,37-,38-,39-,42-/m0/s1. The van der Waals surface area contributed by atoms with Gasteiger partial charge in [0, 0.05) is 61.2 Å². The number of para-hydroxylation sites is 1. The molecule has 26 nitrogen and oxygen atoms in total. The molecule has 0 spiro atoms. The van der Waals surface area contributed by atoms with E-state index in [2.05, 4.69) is 57.2 Å². The van der Waals surface area contributed by atoms with Gasteiger partial charge >= 0.3 is 5.97 Å². The molecule has 2 heterocycles. The third-order valence-corrected chi connectivity index (χ3v) is 12.1. The Balaban J connectivity index is 1.58. The first-order chi connectivity index (χ1) is 36.3. The smallest absolute Gasteiger partial charge is 0.303 e. The number of guanidine groups is 1. The number of nitrogens with one attached hydrogen (secondary N) is 9. The van der Waals surface area contributed by atoms with Gasteiger partial charge in [-0.3, -0.25) is 48.1 Å². The van der Waals surface area contributed by atoms with Gasteiger partial charge in [0.1, 0.15) is 36.3 Å². The zero-order valence-corrected chi connectivity index (χ0v) is 42.6. The number of aromatic nitrogens is 3. The second-order valence-electron chi connectivity index (χ2n) is 18.5. The van der Waals surface area contributed by atoms with Crippen LogP contribution in [0.5, 0.6) is 0 Å². The van der Waals surface area contributed by atoms with E-state index in [-0.39, 0.29) is 64.0 Å². The molecule has 4 rings (SSSR count). The van der Waals surface area contributed by atoms with Crippen LogP contribution in [-0.2, 0) is 62.4 Å². The maximum Gasteiger partial charge on any atom is 0.303 e. The highest BCUT2D eigenvalue weighted by Crippen LogP contribution is 2.20. The summed E-state index contributed by atoms with van der Waals surface area (Å²) >= 11 is 0. The van der Waals surface area contributed by atoms with E-state index in [4.69, 9.17) is 28.7 Å². The van der Waals surface area contributed by atoms with Crippen LogP contribution in [-0.4, -0.2) is 141 Å². The number of hydrogen-bond acceptors (Lipinski definition) is 13. The number of fused-ring (bicyclic) bond motifs is 1. The Hall–Kier alpha value is -8.39. The van der Waals surface area contributed by atoms with Crippen LogP contribution in [0.2, 0.25) is 0 Å². The van der Waals surface area contributed by atoms with Crippen molar-refractivity contribution in [1.29, 1.82) is 0 Å². The molecule has 0 aliphatic heterocycles. The summed E-state index contributed by atoms with van der Waals surface area (Å²) in [5.41, 5.74) is 31.1. The molecule has 4 aromatic rings. The molecule has 0 unspecified atom stereocenters. The lowest BCUT2D eigenvalue weighted by Crippen LogP contribution is -2.59. The maximum atomic E-state index is 14.5. The molecule has 7 atom stereocenters. The third-order valence-electron chi connectivity index (χ3n) is 12.1. The molecule has 0 aliphatic carbocycles. The minimum Gasteiger partial charge on any atom is -0.481 e. The van der Waals surface area contributed by atoms with Crippen molar-refractivity contribution in [3.8, 4) is 0 Å². The summed E-state index contributed by atoms with van der Waals surface area (Å²) < 4.78 is 0. The topological polar surface area (TPSA) is 445 Å². The minimum absolute atomic E-state index is 0.0109. The average molecular weight is 1060 g/mol. The highest BCUT2D eigenvalue weighted by molar-refractivity contribution is 5.97. The third kappa shape index (κ3) is 20.1. The molecule has 2 aromatic heterocycles. The van der Waals surface area contributed by atoms with E-state index in [1.54, 1.807) is 56.4 Å². The number of unbranched alkanes of at least 4 members (excludes halogenated alkanes) is 1. The molecule has 0 radical (unpaired) electrons. The number of carbonyl (C=O) groups excluding carboxylic acids is 8. The summed E-state index contributed by atoms with van der Waals surface area (Å²) in [6.07, 6.45) is 4.65. The summed E-state index contributed by atoms with van der Waals surface area (Å²) in [5, 5.41) is 28.4. The number of nitrogens with zero attached hydrogens (tertiary/aromatic N) is 2. The summed E-state index contributed by atoms with van der Waals surface area (Å²) in [7, 11) is 0. The van der Waals surface area contributed by atoms with Crippen LogP contribution in [0.4, 0.5) is 0 Å². The molecule has 412 valence electrons. The first-order valence-electron chi connectivity index (χ1n) is 24.9. The van der Waals surface area contributed by atoms with Crippen LogP contribution >= 0.6 is 0 Å². The van der Waals surface area contributed by atoms with Gasteiger partial charge in [0.2, 0.25) is 47.3 Å². The highest BCUT2D eigenvalue weighted by atomic mass is 16.4. The SMILES string of the molecule is CC(C)[C@H](NC(=O)[C@H](CCC(=O)O)NC(=O)[C@H](CCCCN)NC(=O)CNC(=O)[C@H](Cc1c[nH]c2ccccc12)NC(=O)[C@H](CCCN=C(N)N)NC(=O)[C@H](Cc1ccccc1)NC(=O)[C@@H](N)Cc1cnc[nH]1)C(N)=O. The zero-order valence-electron chi connectivity index (χ0n) is 42.6. The maximum absolute atomic E-state index is 14.5. The van der Waals surface area contributed by atoms with E-state index < -0.39 is 114 Å². The van der Waals surface area contributed by atoms with E-state index in [1.807, 2.05) is 18.2 Å². The molecular formula is C50H72N16O10. The molecule has 0 bridgehead atoms. The molecule has 8 amide bonds. The van der Waals surface area contributed by atoms with Gasteiger partial charge < -0.3 is 81.0 Å². The second-order valence-corrected chi connectivity index (χ2v) is 18.5. The van der Waals surface area contributed by atoms with Crippen LogP contribution < -0.4 is 65.9 Å². The van der Waals surface area contributed by atoms with Crippen LogP contribution in [0.15, 0.2) is 78.3 Å². The van der Waals surface area contributed by atoms with Gasteiger partial charge in [-0.15, -0.1) is 0 Å². The molecule has 0 aliphatic rings. The van der Waals surface area contributed by atoms with E-state index in [9.17, 15) is 48.3 Å². The number of H-pyrrole nitrogens is 2. The number of rotatable bonds is 33. The van der Waals surface area contributed by atoms with Crippen LogP contribution in [0.1, 0.15) is 75.6 Å². The van der Waals surface area contributed by atoms with E-state index >= 15 is 0 Å². The lowest BCUT2D eigenvalue weighted by atomic mass is 10.0. The Kier molecular flexibility index (Phi) is 24.3. The molecule has 0 saturated heterocycles. The molecule has 0 fully saturated rings. The minimum atomic E-state index is -1.45. The highest BCUT2D eigenvalue weighted by Gasteiger charge is 2.33. The number of carboxylic acids is 1. The Morgan fingerprint density at radius 2 is 1.25 bits per heavy atom. The number of imidazole rings is 1. The van der Waals surface area contributed by atoms with E-state index in [1.165, 1.54) is 12.5 Å².